The molecule has 0 saturated carbocycles. The number of hydrogen-bond acceptors (Lipinski definition) is 3. The van der Waals surface area contributed by atoms with Gasteiger partial charge in [-0.2, -0.15) is 0 Å². The molecule has 1 saturated heterocycles. The average molecular weight is 294 g/mol. The molecular formula is C17H27FN2O. The number of benzene rings is 1. The molecule has 21 heavy (non-hydrogen) atoms. The van der Waals surface area contributed by atoms with Gasteiger partial charge < -0.3 is 15.4 Å². The van der Waals surface area contributed by atoms with Gasteiger partial charge in [-0.05, 0) is 38.3 Å². The van der Waals surface area contributed by atoms with E-state index in [9.17, 15) is 4.39 Å². The zero-order valence-electron chi connectivity index (χ0n) is 13.3. The number of nitrogens with two attached hydrogens (primary N) is 1. The first-order valence-corrected chi connectivity index (χ1v) is 7.98. The highest BCUT2D eigenvalue weighted by Gasteiger charge is 2.28. The fourth-order valence-electron chi connectivity index (χ4n) is 2.90. The summed E-state index contributed by atoms with van der Waals surface area (Å²) < 4.78 is 20.1. The van der Waals surface area contributed by atoms with Crippen LogP contribution < -0.4 is 10.6 Å². The van der Waals surface area contributed by atoms with Gasteiger partial charge in [0.15, 0.2) is 0 Å². The van der Waals surface area contributed by atoms with Crippen LogP contribution >= 0.6 is 0 Å². The van der Waals surface area contributed by atoms with Crippen LogP contribution in [0.2, 0.25) is 0 Å². The average Bonchev–Trinajstić information content (AvgIpc) is 2.49. The first-order chi connectivity index (χ1) is 10.1. The monoisotopic (exact) mass is 294 g/mol. The summed E-state index contributed by atoms with van der Waals surface area (Å²) in [7, 11) is 0. The van der Waals surface area contributed by atoms with Crippen LogP contribution in [0.1, 0.15) is 39.2 Å². The minimum Gasteiger partial charge on any atom is -0.375 e. The molecule has 2 N–H and O–H groups in total. The highest BCUT2D eigenvalue weighted by atomic mass is 19.1. The summed E-state index contributed by atoms with van der Waals surface area (Å²) >= 11 is 0. The van der Waals surface area contributed by atoms with E-state index in [0.29, 0.717) is 19.1 Å². The minimum atomic E-state index is -0.148. The number of anilines is 1. The van der Waals surface area contributed by atoms with E-state index in [4.69, 9.17) is 10.5 Å². The summed E-state index contributed by atoms with van der Waals surface area (Å²) in [5.41, 5.74) is 7.79. The molecule has 1 aromatic carbocycles. The molecule has 1 aliphatic heterocycles. The Morgan fingerprint density at radius 2 is 2.19 bits per heavy atom. The van der Waals surface area contributed by atoms with Gasteiger partial charge in [0.2, 0.25) is 0 Å². The van der Waals surface area contributed by atoms with E-state index in [2.05, 4.69) is 18.7 Å². The normalized spacial score (nSPS) is 24.1. The fraction of sp³-hybridized carbons (Fsp3) is 0.647. The quantitative estimate of drug-likeness (QED) is 0.907. The lowest BCUT2D eigenvalue weighted by molar-refractivity contribution is 0.0298. The van der Waals surface area contributed by atoms with Crippen molar-refractivity contribution in [2.24, 2.45) is 5.73 Å². The predicted octanol–water partition coefficient (Wildman–Crippen LogP) is 3.11. The molecule has 1 heterocycles. The Balaban J connectivity index is 2.34. The molecule has 118 valence electrons. The maximum absolute atomic E-state index is 14.3. The van der Waals surface area contributed by atoms with Crippen molar-refractivity contribution in [3.05, 3.63) is 29.6 Å². The smallest absolute Gasteiger partial charge is 0.128 e. The van der Waals surface area contributed by atoms with Gasteiger partial charge in [-0.25, -0.2) is 4.39 Å². The number of halogens is 1. The van der Waals surface area contributed by atoms with E-state index in [1.165, 1.54) is 6.07 Å². The Morgan fingerprint density at radius 3 is 2.86 bits per heavy atom. The summed E-state index contributed by atoms with van der Waals surface area (Å²) in [6.45, 7) is 7.75. The lowest BCUT2D eigenvalue weighted by Crippen LogP contribution is -2.49. The highest BCUT2D eigenvalue weighted by Crippen LogP contribution is 2.29. The lowest BCUT2D eigenvalue weighted by atomic mass is 9.99. The van der Waals surface area contributed by atoms with Crippen LogP contribution in [0.5, 0.6) is 0 Å². The zero-order valence-corrected chi connectivity index (χ0v) is 13.3. The molecule has 2 rings (SSSR count). The first kappa shape index (κ1) is 16.2. The molecule has 4 heteroatoms. The van der Waals surface area contributed by atoms with Gasteiger partial charge in [0.25, 0.3) is 0 Å². The largest absolute Gasteiger partial charge is 0.375 e. The van der Waals surface area contributed by atoms with Crippen LogP contribution in [0.15, 0.2) is 18.2 Å². The van der Waals surface area contributed by atoms with E-state index in [1.54, 1.807) is 6.07 Å². The van der Waals surface area contributed by atoms with Crippen molar-refractivity contribution in [3.63, 3.8) is 0 Å². The van der Waals surface area contributed by atoms with Crippen molar-refractivity contribution >= 4 is 5.69 Å². The van der Waals surface area contributed by atoms with Gasteiger partial charge in [0, 0.05) is 23.8 Å². The zero-order chi connectivity index (χ0) is 15.4. The molecular weight excluding hydrogens is 267 g/mol. The minimum absolute atomic E-state index is 0.000749. The summed E-state index contributed by atoms with van der Waals surface area (Å²) in [4.78, 5) is 2.30. The molecule has 3 unspecified atom stereocenters. The van der Waals surface area contributed by atoms with Crippen molar-refractivity contribution < 1.29 is 9.13 Å². The van der Waals surface area contributed by atoms with E-state index < -0.39 is 0 Å². The molecule has 1 fully saturated rings. The summed E-state index contributed by atoms with van der Waals surface area (Å²) in [5.74, 6) is -0.148. The molecule has 0 spiro atoms. The Morgan fingerprint density at radius 1 is 1.43 bits per heavy atom. The van der Waals surface area contributed by atoms with Gasteiger partial charge in [0.1, 0.15) is 5.82 Å². The topological polar surface area (TPSA) is 38.5 Å². The Hall–Kier alpha value is -1.13. The van der Waals surface area contributed by atoms with Gasteiger partial charge in [-0.1, -0.05) is 19.9 Å². The second-order valence-electron chi connectivity index (χ2n) is 5.97. The van der Waals surface area contributed by atoms with Crippen molar-refractivity contribution in [1.82, 2.24) is 0 Å². The van der Waals surface area contributed by atoms with E-state index >= 15 is 0 Å². The predicted molar refractivity (Wildman–Crippen MR) is 85.2 cm³/mol. The van der Waals surface area contributed by atoms with Crippen LogP contribution in [-0.4, -0.2) is 31.3 Å². The van der Waals surface area contributed by atoms with Gasteiger partial charge in [0.05, 0.1) is 18.8 Å². The standard InChI is InChI=1S/C17H27FN2O/c1-4-13(19)9-15-16(18)7-6-8-17(15)20-10-12(3)21-11-14(20)5-2/h6-8,12-14H,4-5,9-11,19H2,1-3H3. The SMILES string of the molecule is CCC(N)Cc1c(F)cccc1N1CC(C)OCC1CC. The number of nitrogens with zero attached hydrogens (tertiary/aromatic N) is 1. The third-order valence-electron chi connectivity index (χ3n) is 4.33. The number of morpholine rings is 1. The van der Waals surface area contributed by atoms with E-state index in [0.717, 1.165) is 30.6 Å². The van der Waals surface area contributed by atoms with E-state index in [-0.39, 0.29) is 18.0 Å². The van der Waals surface area contributed by atoms with Crippen molar-refractivity contribution in [2.45, 2.75) is 58.2 Å². The molecule has 3 atom stereocenters. The number of hydrogen-bond donors (Lipinski definition) is 1. The van der Waals surface area contributed by atoms with E-state index in [1.807, 2.05) is 13.0 Å². The molecule has 1 aliphatic rings. The fourth-order valence-corrected chi connectivity index (χ4v) is 2.90. The summed E-state index contributed by atoms with van der Waals surface area (Å²) in [6, 6.07) is 5.64. The molecule has 0 aliphatic carbocycles. The number of rotatable bonds is 5. The van der Waals surface area contributed by atoms with Crippen LogP contribution in [0.3, 0.4) is 0 Å². The second kappa shape index (κ2) is 7.23. The second-order valence-corrected chi connectivity index (χ2v) is 5.97. The molecule has 1 aromatic rings. The van der Waals surface area contributed by atoms with Crippen LogP contribution in [0, 0.1) is 5.82 Å². The van der Waals surface area contributed by atoms with Gasteiger partial charge >= 0.3 is 0 Å². The Kier molecular flexibility index (Phi) is 5.59. The lowest BCUT2D eigenvalue weighted by Gasteiger charge is -2.41. The Labute approximate surface area is 127 Å². The maximum Gasteiger partial charge on any atom is 0.128 e. The third kappa shape index (κ3) is 3.74. The highest BCUT2D eigenvalue weighted by molar-refractivity contribution is 5.56. The first-order valence-electron chi connectivity index (χ1n) is 7.98. The van der Waals surface area contributed by atoms with Crippen LogP contribution in [0.4, 0.5) is 10.1 Å². The van der Waals surface area contributed by atoms with Gasteiger partial charge in [-0.15, -0.1) is 0 Å². The van der Waals surface area contributed by atoms with Crippen molar-refractivity contribution in [1.29, 1.82) is 0 Å². The molecule has 0 radical (unpaired) electrons. The van der Waals surface area contributed by atoms with Crippen LogP contribution in [-0.2, 0) is 11.2 Å². The molecule has 0 amide bonds. The molecule has 0 aromatic heterocycles. The summed E-state index contributed by atoms with van der Waals surface area (Å²) in [5, 5.41) is 0. The van der Waals surface area contributed by atoms with Crippen molar-refractivity contribution in [3.8, 4) is 0 Å². The van der Waals surface area contributed by atoms with Crippen molar-refractivity contribution in [2.75, 3.05) is 18.1 Å². The number of ether oxygens (including phenoxy) is 1. The molecule has 0 bridgehead atoms. The summed E-state index contributed by atoms with van der Waals surface area (Å²) in [6.07, 6.45) is 2.59. The van der Waals surface area contributed by atoms with Crippen LogP contribution in [0.25, 0.3) is 0 Å². The maximum atomic E-state index is 14.3. The molecule has 3 nitrogen and oxygen atoms in total. The third-order valence-corrected chi connectivity index (χ3v) is 4.33. The Bertz CT molecular complexity index is 466. The van der Waals surface area contributed by atoms with Gasteiger partial charge in [-0.3, -0.25) is 0 Å².